The van der Waals surface area contributed by atoms with E-state index in [1.54, 1.807) is 18.3 Å². The fourth-order valence-corrected chi connectivity index (χ4v) is 3.54. The Morgan fingerprint density at radius 3 is 2.65 bits per heavy atom. The van der Waals surface area contributed by atoms with Gasteiger partial charge in [-0.1, -0.05) is 35.9 Å². The number of nitrogens with one attached hydrogen (secondary N) is 1. The number of carbonyl (C=O) groups excluding carboxylic acids is 2. The Kier molecular flexibility index (Phi) is 5.41. The highest BCUT2D eigenvalue weighted by Crippen LogP contribution is 2.29. The molecule has 1 aliphatic heterocycles. The van der Waals surface area contributed by atoms with Gasteiger partial charge in [0.05, 0.1) is 25.9 Å². The number of thiophene rings is 1. The number of amides is 3. The number of β-amino-alcohol motifs (C(OH)–C–C–N with tert-alkyl or cyclic N) is 1. The lowest BCUT2D eigenvalue weighted by atomic mass is 9.91. The molecule has 6 nitrogen and oxygen atoms in total. The number of carbonyl (C=O) groups is 2. The number of hydrogen-bond donors (Lipinski definition) is 2. The van der Waals surface area contributed by atoms with E-state index >= 15 is 0 Å². The highest BCUT2D eigenvalue weighted by molar-refractivity contribution is 7.09. The summed E-state index contributed by atoms with van der Waals surface area (Å²) in [6.07, 6.45) is -0.940. The predicted octanol–water partition coefficient (Wildman–Crippen LogP) is 2.40. The SMILES string of the molecule is Cc1ccc(C2(C)NC(=O)N(CC(O)COCc3cccs3)C2=O)cc1. The molecule has 0 bridgehead atoms. The number of urea groups is 1. The van der Waals surface area contributed by atoms with Gasteiger partial charge < -0.3 is 15.2 Å². The molecule has 2 unspecified atom stereocenters. The van der Waals surface area contributed by atoms with Crippen molar-refractivity contribution in [2.45, 2.75) is 32.1 Å². The molecule has 2 aromatic rings. The van der Waals surface area contributed by atoms with Gasteiger partial charge in [0, 0.05) is 4.88 Å². The molecule has 0 spiro atoms. The average Bonchev–Trinajstić information content (AvgIpc) is 3.19. The molecule has 0 aliphatic carbocycles. The maximum atomic E-state index is 12.8. The van der Waals surface area contributed by atoms with Crippen LogP contribution in [0.1, 0.15) is 22.9 Å². The van der Waals surface area contributed by atoms with E-state index in [9.17, 15) is 14.7 Å². The summed E-state index contributed by atoms with van der Waals surface area (Å²) in [6.45, 7) is 3.99. The zero-order valence-corrected chi connectivity index (χ0v) is 15.6. The lowest BCUT2D eigenvalue weighted by Gasteiger charge is -2.23. The first kappa shape index (κ1) is 18.6. The number of benzene rings is 1. The standard InChI is InChI=1S/C19H22N2O4S/c1-13-5-7-14(8-6-13)19(2)17(23)21(18(24)20-19)10-15(22)11-25-12-16-4-3-9-26-16/h3-9,15,22H,10-12H2,1-2H3,(H,20,24). The first-order valence-corrected chi connectivity index (χ1v) is 9.27. The third-order valence-corrected chi connectivity index (χ3v) is 5.28. The third-order valence-electron chi connectivity index (χ3n) is 4.43. The van der Waals surface area contributed by atoms with E-state index in [1.165, 1.54) is 0 Å². The number of rotatable bonds is 7. The van der Waals surface area contributed by atoms with Crippen molar-refractivity contribution in [3.8, 4) is 0 Å². The van der Waals surface area contributed by atoms with Gasteiger partial charge in [-0.3, -0.25) is 9.69 Å². The van der Waals surface area contributed by atoms with Crippen molar-refractivity contribution in [1.29, 1.82) is 0 Å². The molecule has 1 aromatic heterocycles. The molecule has 2 N–H and O–H groups in total. The predicted molar refractivity (Wildman–Crippen MR) is 98.8 cm³/mol. The summed E-state index contributed by atoms with van der Waals surface area (Å²) in [5.41, 5.74) is 0.666. The van der Waals surface area contributed by atoms with Crippen molar-refractivity contribution < 1.29 is 19.4 Å². The number of ether oxygens (including phenoxy) is 1. The first-order chi connectivity index (χ1) is 12.4. The zero-order valence-electron chi connectivity index (χ0n) is 14.8. The number of imide groups is 1. The van der Waals surface area contributed by atoms with Crippen LogP contribution >= 0.6 is 11.3 Å². The second-order valence-corrected chi connectivity index (χ2v) is 7.62. The minimum absolute atomic E-state index is 0.0518. The summed E-state index contributed by atoms with van der Waals surface area (Å²) in [6, 6.07) is 10.8. The first-order valence-electron chi connectivity index (χ1n) is 8.39. The molecule has 3 rings (SSSR count). The molecule has 0 radical (unpaired) electrons. The monoisotopic (exact) mass is 374 g/mol. The van der Waals surface area contributed by atoms with Crippen molar-refractivity contribution >= 4 is 23.3 Å². The fraction of sp³-hybridized carbons (Fsp3) is 0.368. The number of aryl methyl sites for hydroxylation is 1. The van der Waals surface area contributed by atoms with Crippen LogP contribution in [0.5, 0.6) is 0 Å². The molecule has 3 amide bonds. The average molecular weight is 374 g/mol. The lowest BCUT2D eigenvalue weighted by molar-refractivity contribution is -0.132. The third kappa shape index (κ3) is 3.80. The lowest BCUT2D eigenvalue weighted by Crippen LogP contribution is -2.42. The second kappa shape index (κ2) is 7.57. The molecule has 1 fully saturated rings. The van der Waals surface area contributed by atoms with Gasteiger partial charge in [-0.05, 0) is 30.9 Å². The maximum absolute atomic E-state index is 12.8. The smallest absolute Gasteiger partial charge is 0.325 e. The van der Waals surface area contributed by atoms with Crippen molar-refractivity contribution in [2.24, 2.45) is 0 Å². The zero-order chi connectivity index (χ0) is 18.7. The molecule has 0 saturated carbocycles. The molecular weight excluding hydrogens is 352 g/mol. The Morgan fingerprint density at radius 1 is 1.27 bits per heavy atom. The minimum Gasteiger partial charge on any atom is -0.389 e. The molecule has 2 heterocycles. The van der Waals surface area contributed by atoms with Gasteiger partial charge in [0.25, 0.3) is 5.91 Å². The highest BCUT2D eigenvalue weighted by atomic mass is 32.1. The number of aliphatic hydroxyl groups excluding tert-OH is 1. The van der Waals surface area contributed by atoms with Crippen LogP contribution in [-0.4, -0.2) is 41.2 Å². The summed E-state index contributed by atoms with van der Waals surface area (Å²) in [5, 5.41) is 14.8. The van der Waals surface area contributed by atoms with Crippen LogP contribution in [-0.2, 0) is 21.7 Å². The Bertz CT molecular complexity index is 775. The van der Waals surface area contributed by atoms with E-state index in [1.807, 2.05) is 48.7 Å². The van der Waals surface area contributed by atoms with Gasteiger partial charge >= 0.3 is 6.03 Å². The van der Waals surface area contributed by atoms with Crippen LogP contribution in [0.3, 0.4) is 0 Å². The maximum Gasteiger partial charge on any atom is 0.325 e. The number of aliphatic hydroxyl groups is 1. The topological polar surface area (TPSA) is 78.9 Å². The molecule has 2 atom stereocenters. The van der Waals surface area contributed by atoms with E-state index in [4.69, 9.17) is 4.74 Å². The summed E-state index contributed by atoms with van der Waals surface area (Å²) < 4.78 is 5.46. The van der Waals surface area contributed by atoms with Crippen LogP contribution in [0.15, 0.2) is 41.8 Å². The van der Waals surface area contributed by atoms with Crippen LogP contribution in [0.2, 0.25) is 0 Å². The van der Waals surface area contributed by atoms with Gasteiger partial charge in [-0.15, -0.1) is 11.3 Å². The molecule has 138 valence electrons. The van der Waals surface area contributed by atoms with Gasteiger partial charge in [-0.2, -0.15) is 0 Å². The Hall–Kier alpha value is -2.22. The number of hydrogen-bond acceptors (Lipinski definition) is 5. The second-order valence-electron chi connectivity index (χ2n) is 6.59. The quantitative estimate of drug-likeness (QED) is 0.730. The summed E-state index contributed by atoms with van der Waals surface area (Å²) >= 11 is 1.57. The van der Waals surface area contributed by atoms with Crippen molar-refractivity contribution in [1.82, 2.24) is 10.2 Å². The Morgan fingerprint density at radius 2 is 2.00 bits per heavy atom. The molecule has 26 heavy (non-hydrogen) atoms. The van der Waals surface area contributed by atoms with E-state index in [-0.39, 0.29) is 19.1 Å². The van der Waals surface area contributed by atoms with Gasteiger partial charge in [0.2, 0.25) is 0 Å². The van der Waals surface area contributed by atoms with Crippen LogP contribution in [0.25, 0.3) is 0 Å². The number of nitrogens with zero attached hydrogens (tertiary/aromatic N) is 1. The van der Waals surface area contributed by atoms with Crippen molar-refractivity contribution in [3.05, 3.63) is 57.8 Å². The van der Waals surface area contributed by atoms with E-state index in [0.717, 1.165) is 15.3 Å². The van der Waals surface area contributed by atoms with Crippen LogP contribution in [0, 0.1) is 6.92 Å². The summed E-state index contributed by atoms with van der Waals surface area (Å²) in [7, 11) is 0. The van der Waals surface area contributed by atoms with Gasteiger partial charge in [0.1, 0.15) is 5.54 Å². The van der Waals surface area contributed by atoms with E-state index in [0.29, 0.717) is 12.2 Å². The Balaban J connectivity index is 1.60. The molecular formula is C19H22N2O4S. The molecule has 1 aromatic carbocycles. The highest BCUT2D eigenvalue weighted by Gasteiger charge is 2.49. The molecule has 1 saturated heterocycles. The van der Waals surface area contributed by atoms with E-state index < -0.39 is 17.7 Å². The van der Waals surface area contributed by atoms with Crippen molar-refractivity contribution in [2.75, 3.05) is 13.2 Å². The van der Waals surface area contributed by atoms with Crippen LogP contribution < -0.4 is 5.32 Å². The van der Waals surface area contributed by atoms with Gasteiger partial charge in [-0.25, -0.2) is 4.79 Å². The summed E-state index contributed by atoms with van der Waals surface area (Å²) in [4.78, 5) is 27.2. The molecule has 1 aliphatic rings. The molecule has 7 heteroatoms. The van der Waals surface area contributed by atoms with E-state index in [2.05, 4.69) is 5.32 Å². The normalized spacial score (nSPS) is 21.1. The van der Waals surface area contributed by atoms with Gasteiger partial charge in [0.15, 0.2) is 0 Å². The van der Waals surface area contributed by atoms with Crippen molar-refractivity contribution in [3.63, 3.8) is 0 Å². The fourth-order valence-electron chi connectivity index (χ4n) is 2.90. The Labute approximate surface area is 156 Å². The van der Waals surface area contributed by atoms with Crippen LogP contribution in [0.4, 0.5) is 4.79 Å². The minimum atomic E-state index is -1.12. The largest absolute Gasteiger partial charge is 0.389 e. The summed E-state index contributed by atoms with van der Waals surface area (Å²) in [5.74, 6) is -0.372.